The van der Waals surface area contributed by atoms with E-state index in [9.17, 15) is 45.6 Å². The molecule has 12 unspecified atom stereocenters. The Hall–Kier alpha value is -3.61. The van der Waals surface area contributed by atoms with Gasteiger partial charge in [-0.1, -0.05) is 302 Å². The molecule has 0 saturated carbocycles. The minimum absolute atomic E-state index is 0.253. The molecule has 2 aliphatic heterocycles. The second-order valence-electron chi connectivity index (χ2n) is 26.4. The van der Waals surface area contributed by atoms with Crippen LogP contribution in [0.2, 0.25) is 0 Å². The first-order chi connectivity index (χ1) is 46.6. The molecule has 0 aromatic rings. The number of rotatable bonds is 62. The Bertz CT molecular complexity index is 2060. The molecule has 0 spiro atoms. The van der Waals surface area contributed by atoms with Crippen LogP contribution in [-0.4, -0.2) is 140 Å². The zero-order valence-corrected chi connectivity index (χ0v) is 59.6. The smallest absolute Gasteiger partial charge is 0.220 e. The van der Waals surface area contributed by atoms with Crippen LogP contribution < -0.4 is 5.32 Å². The van der Waals surface area contributed by atoms with Crippen molar-refractivity contribution in [2.45, 2.75) is 364 Å². The maximum absolute atomic E-state index is 13.4. The minimum Gasteiger partial charge on any atom is -0.394 e. The second-order valence-corrected chi connectivity index (χ2v) is 26.4. The van der Waals surface area contributed by atoms with Crippen LogP contribution in [0.4, 0.5) is 0 Å². The number of unbranched alkanes of at least 4 members (excludes halogenated alkanes) is 31. The van der Waals surface area contributed by atoms with Crippen LogP contribution in [-0.2, 0) is 23.7 Å². The number of nitrogens with one attached hydrogen (secondary N) is 1. The number of carbonyl (C=O) groups is 1. The number of aliphatic hydroxyl groups excluding tert-OH is 8. The molecule has 1 amide bonds. The van der Waals surface area contributed by atoms with Crippen molar-refractivity contribution in [3.8, 4) is 0 Å². The molecule has 0 aliphatic carbocycles. The predicted octanol–water partition coefficient (Wildman–Crippen LogP) is 16.8. The molecular weight excluding hydrogens is 1190 g/mol. The summed E-state index contributed by atoms with van der Waals surface area (Å²) in [5.41, 5.74) is 0. The van der Waals surface area contributed by atoms with Gasteiger partial charge in [0.05, 0.1) is 32.0 Å². The molecule has 0 radical (unpaired) electrons. The maximum Gasteiger partial charge on any atom is 0.220 e. The van der Waals surface area contributed by atoms with E-state index in [4.69, 9.17) is 18.9 Å². The summed E-state index contributed by atoms with van der Waals surface area (Å²) in [6.07, 6.45) is 77.0. The van der Waals surface area contributed by atoms with E-state index >= 15 is 0 Å². The summed E-state index contributed by atoms with van der Waals surface area (Å²) in [7, 11) is 0. The quantitative estimate of drug-likeness (QED) is 0.0204. The summed E-state index contributed by atoms with van der Waals surface area (Å²) in [5, 5.41) is 87.5. The maximum atomic E-state index is 13.4. The molecule has 95 heavy (non-hydrogen) atoms. The van der Waals surface area contributed by atoms with Gasteiger partial charge < -0.3 is 65.1 Å². The summed E-state index contributed by atoms with van der Waals surface area (Å²) in [5.74, 6) is -0.253. The first-order valence-corrected chi connectivity index (χ1v) is 38.3. The van der Waals surface area contributed by atoms with Crippen LogP contribution >= 0.6 is 0 Å². The fraction of sp³-hybridized carbons (Fsp3) is 0.741. The van der Waals surface area contributed by atoms with Gasteiger partial charge in [-0.2, -0.15) is 0 Å². The topological polar surface area (TPSA) is 228 Å². The zero-order chi connectivity index (χ0) is 68.7. The molecule has 9 N–H and O–H groups in total. The molecule has 0 aromatic carbocycles. The first-order valence-electron chi connectivity index (χ1n) is 38.3. The number of carbonyl (C=O) groups excluding carboxylic acids is 1. The van der Waals surface area contributed by atoms with Gasteiger partial charge in [-0.3, -0.25) is 4.79 Å². The lowest BCUT2D eigenvalue weighted by molar-refractivity contribution is -0.359. The summed E-state index contributed by atoms with van der Waals surface area (Å²) in [4.78, 5) is 13.4. The van der Waals surface area contributed by atoms with Crippen molar-refractivity contribution >= 4 is 5.91 Å². The highest BCUT2D eigenvalue weighted by Crippen LogP contribution is 2.30. The van der Waals surface area contributed by atoms with E-state index in [1.165, 1.54) is 167 Å². The summed E-state index contributed by atoms with van der Waals surface area (Å²) >= 11 is 0. The number of hydrogen-bond acceptors (Lipinski definition) is 13. The Morgan fingerprint density at radius 2 is 0.737 bits per heavy atom. The van der Waals surface area contributed by atoms with E-state index in [1.54, 1.807) is 6.08 Å². The molecule has 2 heterocycles. The largest absolute Gasteiger partial charge is 0.394 e. The third kappa shape index (κ3) is 47.1. The fourth-order valence-corrected chi connectivity index (χ4v) is 11.8. The van der Waals surface area contributed by atoms with E-state index in [0.29, 0.717) is 12.8 Å². The predicted molar refractivity (Wildman–Crippen MR) is 392 cm³/mol. The highest BCUT2D eigenvalue weighted by molar-refractivity contribution is 5.76. The van der Waals surface area contributed by atoms with Crippen molar-refractivity contribution in [3.05, 3.63) is 122 Å². The Balaban J connectivity index is 1.60. The van der Waals surface area contributed by atoms with Crippen LogP contribution in [0.3, 0.4) is 0 Å². The van der Waals surface area contributed by atoms with Gasteiger partial charge in [0.2, 0.25) is 5.91 Å². The normalized spacial score (nSPS) is 23.1. The summed E-state index contributed by atoms with van der Waals surface area (Å²) < 4.78 is 22.8. The molecule has 2 saturated heterocycles. The van der Waals surface area contributed by atoms with Gasteiger partial charge in [0.15, 0.2) is 12.6 Å². The molecule has 0 bridgehead atoms. The first kappa shape index (κ1) is 87.5. The lowest BCUT2D eigenvalue weighted by Crippen LogP contribution is -2.65. The highest BCUT2D eigenvalue weighted by Gasteiger charge is 2.51. The number of ether oxygens (including phenoxy) is 4. The lowest BCUT2D eigenvalue weighted by atomic mass is 9.97. The molecule has 14 nitrogen and oxygen atoms in total. The molecule has 14 heteroatoms. The molecule has 546 valence electrons. The number of amides is 1. The zero-order valence-electron chi connectivity index (χ0n) is 59.6. The van der Waals surface area contributed by atoms with Crippen LogP contribution in [0.25, 0.3) is 0 Å². The average Bonchev–Trinajstić information content (AvgIpc) is 0.897. The molecular formula is C81H139NO13. The van der Waals surface area contributed by atoms with Crippen molar-refractivity contribution in [2.75, 3.05) is 19.8 Å². The van der Waals surface area contributed by atoms with Crippen molar-refractivity contribution in [2.24, 2.45) is 0 Å². The van der Waals surface area contributed by atoms with Gasteiger partial charge >= 0.3 is 0 Å². The second kappa shape index (κ2) is 63.8. The minimum atomic E-state index is -1.80. The number of aliphatic hydroxyl groups is 8. The average molecular weight is 1330 g/mol. The van der Waals surface area contributed by atoms with E-state index in [-0.39, 0.29) is 18.9 Å². The Kier molecular flexibility index (Phi) is 58.8. The summed E-state index contributed by atoms with van der Waals surface area (Å²) in [6, 6.07) is -0.944. The summed E-state index contributed by atoms with van der Waals surface area (Å²) in [6.45, 7) is 2.67. The van der Waals surface area contributed by atoms with E-state index in [1.807, 2.05) is 6.08 Å². The van der Waals surface area contributed by atoms with Crippen molar-refractivity contribution in [1.29, 1.82) is 0 Å². The van der Waals surface area contributed by atoms with Crippen molar-refractivity contribution in [1.82, 2.24) is 5.32 Å². The third-order valence-electron chi connectivity index (χ3n) is 17.9. The van der Waals surface area contributed by atoms with Gasteiger partial charge in [-0.25, -0.2) is 0 Å². The number of hydrogen-bond donors (Lipinski definition) is 9. The monoisotopic (exact) mass is 1330 g/mol. The van der Waals surface area contributed by atoms with E-state index in [2.05, 4.69) is 129 Å². The molecule has 12 atom stereocenters. The van der Waals surface area contributed by atoms with Gasteiger partial charge in [0.25, 0.3) is 0 Å². The highest BCUT2D eigenvalue weighted by atomic mass is 16.7. The van der Waals surface area contributed by atoms with Gasteiger partial charge in [-0.05, 0) is 103 Å². The van der Waals surface area contributed by atoms with Crippen LogP contribution in [0.15, 0.2) is 122 Å². The Labute approximate surface area is 578 Å². The molecule has 2 rings (SSSR count). The number of allylic oxidation sites excluding steroid dienone is 19. The van der Waals surface area contributed by atoms with Gasteiger partial charge in [0, 0.05) is 6.42 Å². The van der Waals surface area contributed by atoms with Gasteiger partial charge in [-0.15, -0.1) is 0 Å². The third-order valence-corrected chi connectivity index (χ3v) is 17.9. The Morgan fingerprint density at radius 1 is 0.389 bits per heavy atom. The van der Waals surface area contributed by atoms with Gasteiger partial charge in [0.1, 0.15) is 48.8 Å². The van der Waals surface area contributed by atoms with E-state index in [0.717, 1.165) is 89.9 Å². The Morgan fingerprint density at radius 3 is 1.16 bits per heavy atom. The van der Waals surface area contributed by atoms with Crippen LogP contribution in [0, 0.1) is 0 Å². The van der Waals surface area contributed by atoms with E-state index < -0.39 is 86.8 Å². The molecule has 2 aliphatic rings. The molecule has 0 aromatic heterocycles. The lowest BCUT2D eigenvalue weighted by Gasteiger charge is -2.46. The van der Waals surface area contributed by atoms with Crippen LogP contribution in [0.5, 0.6) is 0 Å². The SMILES string of the molecule is CC/C=C\C/C=C\C/C=C\C/C=C\C/C=C\C/C=C\C/C=C\CCCCCCCCCCCCCCCCCCCCCC(=O)NC(COC1OC(CO)C(OC2OC(CO)C(O)C(O)C2O)C(O)C1O)C(O)/C=C/CC/C=C/CC/C=C/CCCCCCCCCCCC. The van der Waals surface area contributed by atoms with Crippen LogP contribution in [0.1, 0.15) is 290 Å². The molecule has 2 fully saturated rings. The van der Waals surface area contributed by atoms with Crippen molar-refractivity contribution < 1.29 is 64.6 Å². The fourth-order valence-electron chi connectivity index (χ4n) is 11.8. The standard InChI is InChI=1S/C81H139NO13/c1-3-5-7-9-11-13-15-17-19-21-23-25-26-27-28-29-30-31-32-33-34-35-36-37-38-39-40-41-42-43-44-45-47-49-51-53-55-57-59-61-63-65-73(86)82-69(70(85)64-62-60-58-56-54-52-50-48-46-24-22-20-18-16-14-12-10-8-6-4-2)68-92-80-78(91)76(89)79(72(67-84)94-80)95-81-77(90)75(88)74(87)71(66-83)93-81/h5,7,11,13,17,19,23,25,27-28,30-31,33-34,46,48,54,56,62,64,69-72,74-81,83-85,87-91H,3-4,6,8-10,12,14-16,18,20-22,24,26,29,32,35-45,47,49-53,55,57-61,63,65-68H2,1-2H3,(H,82,86)/b7-5-,13-11-,19-17-,25-23-,28-27-,31-30-,34-33-,48-46+,56-54+,64-62+. The van der Waals surface area contributed by atoms with Crippen molar-refractivity contribution in [3.63, 3.8) is 0 Å².